The van der Waals surface area contributed by atoms with Crippen molar-refractivity contribution in [3.8, 4) is 11.6 Å². The van der Waals surface area contributed by atoms with Gasteiger partial charge in [-0.1, -0.05) is 12.1 Å². The van der Waals surface area contributed by atoms with Crippen LogP contribution < -0.4 is 10.1 Å². The SMILES string of the molecule is COc1cccc2cc(C(=O)Nc3ccc(-n4cc(Br)cn4)nc3)oc12. The topological polar surface area (TPSA) is 82.2 Å². The number of benzene rings is 1. The van der Waals surface area contributed by atoms with Crippen molar-refractivity contribution in [1.29, 1.82) is 0 Å². The van der Waals surface area contributed by atoms with Gasteiger partial charge in [0, 0.05) is 11.6 Å². The van der Waals surface area contributed by atoms with Gasteiger partial charge in [-0.2, -0.15) is 5.10 Å². The van der Waals surface area contributed by atoms with Gasteiger partial charge in [0.1, 0.15) is 0 Å². The molecule has 0 radical (unpaired) electrons. The van der Waals surface area contributed by atoms with Crippen LogP contribution in [-0.2, 0) is 0 Å². The monoisotopic (exact) mass is 412 g/mol. The van der Waals surface area contributed by atoms with Crippen LogP contribution in [0.25, 0.3) is 16.8 Å². The van der Waals surface area contributed by atoms with Gasteiger partial charge < -0.3 is 14.5 Å². The zero-order chi connectivity index (χ0) is 18.1. The Morgan fingerprint density at radius 2 is 2.15 bits per heavy atom. The van der Waals surface area contributed by atoms with E-state index in [-0.39, 0.29) is 11.7 Å². The molecule has 130 valence electrons. The lowest BCUT2D eigenvalue weighted by atomic mass is 10.2. The number of rotatable bonds is 4. The molecule has 7 nitrogen and oxygen atoms in total. The van der Waals surface area contributed by atoms with E-state index in [4.69, 9.17) is 9.15 Å². The molecule has 1 amide bonds. The Morgan fingerprint density at radius 3 is 2.85 bits per heavy atom. The van der Waals surface area contributed by atoms with E-state index in [1.165, 1.54) is 0 Å². The summed E-state index contributed by atoms with van der Waals surface area (Å²) in [5.41, 5.74) is 1.09. The predicted octanol–water partition coefficient (Wildman–Crippen LogP) is 4.04. The smallest absolute Gasteiger partial charge is 0.291 e. The Bertz CT molecular complexity index is 1090. The van der Waals surface area contributed by atoms with Crippen LogP contribution in [0.2, 0.25) is 0 Å². The van der Waals surface area contributed by atoms with Crippen molar-refractivity contribution in [3.05, 3.63) is 65.2 Å². The first-order valence-corrected chi connectivity index (χ1v) is 8.48. The average Bonchev–Trinajstić information content (AvgIpc) is 3.28. The maximum absolute atomic E-state index is 12.4. The van der Waals surface area contributed by atoms with E-state index in [2.05, 4.69) is 31.3 Å². The number of furan rings is 1. The van der Waals surface area contributed by atoms with Gasteiger partial charge >= 0.3 is 0 Å². The first-order valence-electron chi connectivity index (χ1n) is 7.68. The Hall–Kier alpha value is -3.13. The molecule has 3 aromatic heterocycles. The maximum Gasteiger partial charge on any atom is 0.291 e. The van der Waals surface area contributed by atoms with Crippen LogP contribution in [0.3, 0.4) is 0 Å². The van der Waals surface area contributed by atoms with Crippen molar-refractivity contribution < 1.29 is 13.9 Å². The van der Waals surface area contributed by atoms with Gasteiger partial charge in [0.25, 0.3) is 5.91 Å². The summed E-state index contributed by atoms with van der Waals surface area (Å²) in [6.45, 7) is 0. The molecule has 4 aromatic rings. The second-order valence-electron chi connectivity index (χ2n) is 5.45. The molecule has 0 atom stereocenters. The highest BCUT2D eigenvalue weighted by Crippen LogP contribution is 2.28. The molecule has 0 unspecified atom stereocenters. The molecular formula is C18H13BrN4O3. The van der Waals surface area contributed by atoms with Crippen LogP contribution in [0.4, 0.5) is 5.69 Å². The number of nitrogens with zero attached hydrogens (tertiary/aromatic N) is 3. The number of amides is 1. The molecule has 0 aliphatic heterocycles. The molecule has 0 aliphatic rings. The minimum atomic E-state index is -0.361. The van der Waals surface area contributed by atoms with Crippen molar-refractivity contribution in [2.24, 2.45) is 0 Å². The molecule has 0 saturated heterocycles. The van der Waals surface area contributed by atoms with Gasteiger partial charge in [0.15, 0.2) is 22.9 Å². The highest BCUT2D eigenvalue weighted by Gasteiger charge is 2.15. The predicted molar refractivity (Wildman–Crippen MR) is 99.8 cm³/mol. The summed E-state index contributed by atoms with van der Waals surface area (Å²) >= 11 is 3.34. The molecule has 0 fully saturated rings. The molecule has 0 spiro atoms. The summed E-state index contributed by atoms with van der Waals surface area (Å²) in [6, 6.07) is 10.7. The Kier molecular flexibility index (Phi) is 4.18. The van der Waals surface area contributed by atoms with Crippen LogP contribution in [0.5, 0.6) is 5.75 Å². The number of ether oxygens (including phenoxy) is 1. The molecule has 3 heterocycles. The fourth-order valence-electron chi connectivity index (χ4n) is 2.52. The van der Waals surface area contributed by atoms with Crippen molar-refractivity contribution in [3.63, 3.8) is 0 Å². The molecular weight excluding hydrogens is 400 g/mol. The van der Waals surface area contributed by atoms with Gasteiger partial charge in [-0.05, 0) is 40.2 Å². The zero-order valence-corrected chi connectivity index (χ0v) is 15.2. The third-order valence-corrected chi connectivity index (χ3v) is 4.15. The second kappa shape index (κ2) is 6.64. The number of anilines is 1. The van der Waals surface area contributed by atoms with Gasteiger partial charge in [-0.3, -0.25) is 4.79 Å². The lowest BCUT2D eigenvalue weighted by Gasteiger charge is -2.04. The summed E-state index contributed by atoms with van der Waals surface area (Å²) in [7, 11) is 1.56. The number of pyridine rings is 1. The third-order valence-electron chi connectivity index (χ3n) is 3.74. The Balaban J connectivity index is 1.54. The molecule has 26 heavy (non-hydrogen) atoms. The molecule has 0 saturated carbocycles. The Morgan fingerprint density at radius 1 is 1.27 bits per heavy atom. The molecule has 0 aliphatic carbocycles. The fourth-order valence-corrected chi connectivity index (χ4v) is 2.81. The number of hydrogen-bond acceptors (Lipinski definition) is 5. The minimum Gasteiger partial charge on any atom is -0.493 e. The van der Waals surface area contributed by atoms with E-state index >= 15 is 0 Å². The van der Waals surface area contributed by atoms with E-state index in [1.54, 1.807) is 54.6 Å². The van der Waals surface area contributed by atoms with Crippen LogP contribution >= 0.6 is 15.9 Å². The summed E-state index contributed by atoms with van der Waals surface area (Å²) in [5.74, 6) is 1.06. The van der Waals surface area contributed by atoms with E-state index in [0.717, 1.165) is 9.86 Å². The average molecular weight is 413 g/mol. The van der Waals surface area contributed by atoms with Crippen molar-refractivity contribution in [2.45, 2.75) is 0 Å². The van der Waals surface area contributed by atoms with Crippen molar-refractivity contribution in [1.82, 2.24) is 14.8 Å². The van der Waals surface area contributed by atoms with E-state index < -0.39 is 0 Å². The number of methoxy groups -OCH3 is 1. The van der Waals surface area contributed by atoms with E-state index in [1.807, 2.05) is 12.1 Å². The minimum absolute atomic E-state index is 0.199. The molecule has 4 rings (SSSR count). The third kappa shape index (κ3) is 3.06. The first-order chi connectivity index (χ1) is 12.6. The van der Waals surface area contributed by atoms with Crippen LogP contribution in [0.1, 0.15) is 10.6 Å². The molecule has 1 N–H and O–H groups in total. The molecule has 8 heteroatoms. The van der Waals surface area contributed by atoms with Crippen LogP contribution in [0, 0.1) is 0 Å². The number of fused-ring (bicyclic) bond motifs is 1. The number of carbonyl (C=O) groups is 1. The Labute approximate surface area is 156 Å². The lowest BCUT2D eigenvalue weighted by Crippen LogP contribution is -2.11. The van der Waals surface area contributed by atoms with Crippen molar-refractivity contribution in [2.75, 3.05) is 12.4 Å². The highest BCUT2D eigenvalue weighted by atomic mass is 79.9. The fraction of sp³-hybridized carbons (Fsp3) is 0.0556. The number of aromatic nitrogens is 3. The van der Waals surface area contributed by atoms with Gasteiger partial charge in [0.05, 0.1) is 29.7 Å². The van der Waals surface area contributed by atoms with Crippen molar-refractivity contribution >= 4 is 38.5 Å². The zero-order valence-electron chi connectivity index (χ0n) is 13.6. The van der Waals surface area contributed by atoms with E-state index in [9.17, 15) is 4.79 Å². The van der Waals surface area contributed by atoms with Gasteiger partial charge in [-0.25, -0.2) is 9.67 Å². The number of nitrogens with one attached hydrogen (secondary N) is 1. The largest absolute Gasteiger partial charge is 0.493 e. The van der Waals surface area contributed by atoms with Gasteiger partial charge in [0.2, 0.25) is 0 Å². The van der Waals surface area contributed by atoms with Gasteiger partial charge in [-0.15, -0.1) is 0 Å². The second-order valence-corrected chi connectivity index (χ2v) is 6.37. The quantitative estimate of drug-likeness (QED) is 0.546. The number of carbonyl (C=O) groups excluding carboxylic acids is 1. The maximum atomic E-state index is 12.4. The van der Waals surface area contributed by atoms with E-state index in [0.29, 0.717) is 22.8 Å². The standard InChI is InChI=1S/C18H13BrN4O3/c1-25-14-4-2-3-11-7-15(26-17(11)14)18(24)22-13-5-6-16(20-9-13)23-10-12(19)8-21-23/h2-10H,1H3,(H,22,24). The number of para-hydroxylation sites is 1. The number of hydrogen-bond donors (Lipinski definition) is 1. The van der Waals surface area contributed by atoms with Crippen LogP contribution in [-0.4, -0.2) is 27.8 Å². The lowest BCUT2D eigenvalue weighted by molar-refractivity contribution is 0.0998. The summed E-state index contributed by atoms with van der Waals surface area (Å²) in [4.78, 5) is 16.7. The number of halogens is 1. The normalized spacial score (nSPS) is 10.8. The molecule has 0 bridgehead atoms. The summed E-state index contributed by atoms with van der Waals surface area (Å²) < 4.78 is 13.4. The summed E-state index contributed by atoms with van der Waals surface area (Å²) in [5, 5.41) is 7.72. The first kappa shape index (κ1) is 16.3. The summed E-state index contributed by atoms with van der Waals surface area (Å²) in [6.07, 6.45) is 5.03. The van der Waals surface area contributed by atoms with Crippen LogP contribution in [0.15, 0.2) is 63.9 Å². The molecule has 1 aromatic carbocycles. The highest BCUT2D eigenvalue weighted by molar-refractivity contribution is 9.10.